The predicted molar refractivity (Wildman–Crippen MR) is 121 cm³/mol. The van der Waals surface area contributed by atoms with Crippen LogP contribution in [0.2, 0.25) is 0 Å². The lowest BCUT2D eigenvalue weighted by Gasteiger charge is -2.24. The number of carbonyl (C=O) groups is 3. The first-order valence-electron chi connectivity index (χ1n) is 10.3. The van der Waals surface area contributed by atoms with Gasteiger partial charge in [-0.3, -0.25) is 19.3 Å². The van der Waals surface area contributed by atoms with Crippen molar-refractivity contribution in [1.82, 2.24) is 5.32 Å². The highest BCUT2D eigenvalue weighted by Crippen LogP contribution is 2.28. The molecule has 7 nitrogen and oxygen atoms in total. The molecule has 2 amide bonds. The van der Waals surface area contributed by atoms with Gasteiger partial charge in [0.05, 0.1) is 11.4 Å². The van der Waals surface area contributed by atoms with Gasteiger partial charge in [0.1, 0.15) is 19.2 Å². The van der Waals surface area contributed by atoms with Crippen molar-refractivity contribution in [2.75, 3.05) is 23.3 Å². The van der Waals surface area contributed by atoms with Crippen molar-refractivity contribution >= 4 is 29.2 Å². The zero-order chi connectivity index (χ0) is 22.3. The first-order chi connectivity index (χ1) is 15.6. The van der Waals surface area contributed by atoms with Crippen molar-refractivity contribution in [1.29, 1.82) is 0 Å². The Balaban J connectivity index is 1.50. The van der Waals surface area contributed by atoms with Crippen LogP contribution in [0.3, 0.4) is 0 Å². The second-order valence-corrected chi connectivity index (χ2v) is 7.36. The van der Waals surface area contributed by atoms with Crippen LogP contribution in [0.5, 0.6) is 0 Å². The summed E-state index contributed by atoms with van der Waals surface area (Å²) < 4.78 is 5.38. The van der Waals surface area contributed by atoms with Crippen molar-refractivity contribution in [3.05, 3.63) is 96.1 Å². The van der Waals surface area contributed by atoms with E-state index in [1.54, 1.807) is 36.4 Å². The third-order valence-electron chi connectivity index (χ3n) is 5.13. The van der Waals surface area contributed by atoms with Crippen molar-refractivity contribution in [2.45, 2.75) is 12.6 Å². The van der Waals surface area contributed by atoms with Crippen LogP contribution in [0.1, 0.15) is 15.9 Å². The number of benzene rings is 3. The van der Waals surface area contributed by atoms with Gasteiger partial charge in [-0.2, -0.15) is 0 Å². The van der Waals surface area contributed by atoms with Crippen LogP contribution in [-0.2, 0) is 20.9 Å². The Morgan fingerprint density at radius 1 is 0.938 bits per heavy atom. The van der Waals surface area contributed by atoms with E-state index in [9.17, 15) is 14.4 Å². The van der Waals surface area contributed by atoms with Gasteiger partial charge in [0.15, 0.2) is 0 Å². The molecule has 0 saturated heterocycles. The highest BCUT2D eigenvalue weighted by Gasteiger charge is 2.33. The molecule has 1 heterocycles. The summed E-state index contributed by atoms with van der Waals surface area (Å²) >= 11 is 0. The number of anilines is 2. The number of hydrogen-bond acceptors (Lipinski definition) is 5. The number of nitrogens with zero attached hydrogens (tertiary/aromatic N) is 1. The molecule has 32 heavy (non-hydrogen) atoms. The largest absolute Gasteiger partial charge is 0.459 e. The van der Waals surface area contributed by atoms with Gasteiger partial charge in [0.25, 0.3) is 11.8 Å². The van der Waals surface area contributed by atoms with Crippen LogP contribution in [-0.4, -0.2) is 36.9 Å². The average Bonchev–Trinajstić information content (AvgIpc) is 2.96. The van der Waals surface area contributed by atoms with Crippen molar-refractivity contribution in [2.24, 2.45) is 0 Å². The predicted octanol–water partition coefficient (Wildman–Crippen LogP) is 2.99. The molecule has 3 aromatic carbocycles. The summed E-state index contributed by atoms with van der Waals surface area (Å²) in [4.78, 5) is 39.9. The summed E-state index contributed by atoms with van der Waals surface area (Å²) in [6.45, 7) is 0.0574. The molecule has 0 unspecified atom stereocenters. The minimum atomic E-state index is -0.850. The standard InChI is InChI=1S/C25H23N3O4/c29-23(32-17-18-9-3-1-4-10-18)16-28-22-14-8-7-13-20(22)26-15-21(25(28)31)27-24(30)19-11-5-2-6-12-19/h1-14,21,26H,15-17H2,(H,27,30)/t21-/m0/s1. The molecule has 0 bridgehead atoms. The van der Waals surface area contributed by atoms with Gasteiger partial charge in [0, 0.05) is 12.1 Å². The highest BCUT2D eigenvalue weighted by molar-refractivity contribution is 6.07. The molecule has 1 aliphatic heterocycles. The smallest absolute Gasteiger partial charge is 0.326 e. The Morgan fingerprint density at radius 3 is 2.34 bits per heavy atom. The molecule has 0 radical (unpaired) electrons. The van der Waals surface area contributed by atoms with Gasteiger partial charge in [-0.05, 0) is 29.8 Å². The number of ether oxygens (including phenoxy) is 1. The normalized spacial score (nSPS) is 15.2. The van der Waals surface area contributed by atoms with Gasteiger partial charge >= 0.3 is 5.97 Å². The number of nitrogens with one attached hydrogen (secondary N) is 2. The number of carbonyl (C=O) groups excluding carboxylic acids is 3. The molecule has 0 aliphatic carbocycles. The Kier molecular flexibility index (Phi) is 6.46. The van der Waals surface area contributed by atoms with E-state index in [0.29, 0.717) is 16.9 Å². The minimum absolute atomic E-state index is 0.121. The molecule has 0 saturated carbocycles. The maximum atomic E-state index is 13.3. The Hall–Kier alpha value is -4.13. The lowest BCUT2D eigenvalue weighted by molar-refractivity contribution is -0.144. The zero-order valence-corrected chi connectivity index (χ0v) is 17.4. The number of fused-ring (bicyclic) bond motifs is 1. The molecule has 3 aromatic rings. The first kappa shape index (κ1) is 21.1. The SMILES string of the molecule is O=C(CN1C(=O)[C@@H](NC(=O)c2ccccc2)CNc2ccccc21)OCc1ccccc1. The molecule has 162 valence electrons. The van der Waals surface area contributed by atoms with Crippen molar-refractivity contribution < 1.29 is 19.1 Å². The van der Waals surface area contributed by atoms with Crippen LogP contribution < -0.4 is 15.5 Å². The van der Waals surface area contributed by atoms with Gasteiger partial charge in [-0.1, -0.05) is 60.7 Å². The molecule has 0 aromatic heterocycles. The number of amides is 2. The average molecular weight is 429 g/mol. The maximum Gasteiger partial charge on any atom is 0.326 e. The van der Waals surface area contributed by atoms with Gasteiger partial charge in [-0.15, -0.1) is 0 Å². The molecule has 1 aliphatic rings. The molecule has 2 N–H and O–H groups in total. The zero-order valence-electron chi connectivity index (χ0n) is 17.4. The van der Waals surface area contributed by atoms with Crippen LogP contribution >= 0.6 is 0 Å². The monoisotopic (exact) mass is 429 g/mol. The summed E-state index contributed by atoms with van der Waals surface area (Å²) in [6, 6.07) is 24.4. The lowest BCUT2D eigenvalue weighted by atomic mass is 10.2. The second-order valence-electron chi connectivity index (χ2n) is 7.36. The molecule has 0 fully saturated rings. The summed E-state index contributed by atoms with van der Waals surface area (Å²) in [5.74, 6) is -1.28. The summed E-state index contributed by atoms with van der Waals surface area (Å²) in [5.41, 5.74) is 2.58. The first-order valence-corrected chi connectivity index (χ1v) is 10.3. The number of rotatable bonds is 6. The summed E-state index contributed by atoms with van der Waals surface area (Å²) in [7, 11) is 0. The van der Waals surface area contributed by atoms with Crippen LogP contribution in [0, 0.1) is 0 Å². The number of esters is 1. The second kappa shape index (κ2) is 9.78. The fourth-order valence-corrected chi connectivity index (χ4v) is 3.48. The molecular weight excluding hydrogens is 406 g/mol. The van der Waals surface area contributed by atoms with Gasteiger partial charge < -0.3 is 15.4 Å². The molecule has 4 rings (SSSR count). The highest BCUT2D eigenvalue weighted by atomic mass is 16.5. The van der Waals surface area contributed by atoms with Crippen LogP contribution in [0.4, 0.5) is 11.4 Å². The van der Waals surface area contributed by atoms with Crippen LogP contribution in [0.25, 0.3) is 0 Å². The quantitative estimate of drug-likeness (QED) is 0.588. The van der Waals surface area contributed by atoms with Crippen molar-refractivity contribution in [3.8, 4) is 0 Å². The third kappa shape index (κ3) is 4.95. The van der Waals surface area contributed by atoms with E-state index in [1.165, 1.54) is 4.90 Å². The maximum absolute atomic E-state index is 13.3. The Morgan fingerprint density at radius 2 is 1.59 bits per heavy atom. The lowest BCUT2D eigenvalue weighted by Crippen LogP contribution is -2.51. The fourth-order valence-electron chi connectivity index (χ4n) is 3.48. The Bertz CT molecular complexity index is 1100. The van der Waals surface area contributed by atoms with Crippen LogP contribution in [0.15, 0.2) is 84.9 Å². The van der Waals surface area contributed by atoms with E-state index in [4.69, 9.17) is 4.74 Å². The third-order valence-corrected chi connectivity index (χ3v) is 5.13. The molecule has 1 atom stereocenters. The van der Waals surface area contributed by atoms with Gasteiger partial charge in [-0.25, -0.2) is 0 Å². The summed E-state index contributed by atoms with van der Waals surface area (Å²) in [6.07, 6.45) is 0. The van der Waals surface area contributed by atoms with E-state index < -0.39 is 12.0 Å². The van der Waals surface area contributed by atoms with Gasteiger partial charge in [0.2, 0.25) is 0 Å². The van der Waals surface area contributed by atoms with E-state index in [2.05, 4.69) is 10.6 Å². The van der Waals surface area contributed by atoms with E-state index >= 15 is 0 Å². The number of hydrogen-bond donors (Lipinski definition) is 2. The van der Waals surface area contributed by atoms with E-state index in [-0.39, 0.29) is 31.5 Å². The van der Waals surface area contributed by atoms with E-state index in [1.807, 2.05) is 48.5 Å². The topological polar surface area (TPSA) is 87.7 Å². The van der Waals surface area contributed by atoms with E-state index in [0.717, 1.165) is 5.56 Å². The molecule has 0 spiro atoms. The minimum Gasteiger partial charge on any atom is -0.459 e. The molecular formula is C25H23N3O4. The Labute approximate surface area is 186 Å². The van der Waals surface area contributed by atoms with Crippen molar-refractivity contribution in [3.63, 3.8) is 0 Å². The number of para-hydroxylation sites is 2. The fraction of sp³-hybridized carbons (Fsp3) is 0.160. The summed E-state index contributed by atoms with van der Waals surface area (Å²) in [5, 5.41) is 5.97. The molecule has 7 heteroatoms.